The summed E-state index contributed by atoms with van der Waals surface area (Å²) in [6.45, 7) is 3.27. The zero-order valence-corrected chi connectivity index (χ0v) is 9.81. The monoisotopic (exact) mass is 227 g/mol. The maximum atomic E-state index is 5.75. The molecule has 0 spiro atoms. The molecule has 3 nitrogen and oxygen atoms in total. The average Bonchev–Trinajstić information content (AvgIpc) is 2.85. The van der Waals surface area contributed by atoms with Crippen molar-refractivity contribution in [1.82, 2.24) is 5.32 Å². The van der Waals surface area contributed by atoms with Crippen molar-refractivity contribution in [2.75, 3.05) is 20.3 Å². The first kappa shape index (κ1) is 11.1. The Morgan fingerprint density at radius 1 is 1.53 bits per heavy atom. The highest BCUT2D eigenvalue weighted by atomic mass is 32.1. The third-order valence-corrected chi connectivity index (χ3v) is 3.48. The third kappa shape index (κ3) is 3.28. The Morgan fingerprint density at radius 3 is 3.13 bits per heavy atom. The van der Waals surface area contributed by atoms with E-state index in [1.807, 2.05) is 18.4 Å². The molecule has 84 valence electrons. The third-order valence-electron chi connectivity index (χ3n) is 2.42. The van der Waals surface area contributed by atoms with Crippen LogP contribution >= 0.6 is 11.3 Å². The normalized spacial score (nSPS) is 21.0. The van der Waals surface area contributed by atoms with E-state index in [9.17, 15) is 0 Å². The minimum atomic E-state index is 0.305. The lowest BCUT2D eigenvalue weighted by Gasteiger charge is -2.07. The summed E-state index contributed by atoms with van der Waals surface area (Å²) in [5, 5.41) is 3.14. The molecule has 15 heavy (non-hydrogen) atoms. The molecule has 0 aliphatic carbocycles. The zero-order chi connectivity index (χ0) is 10.5. The second kappa shape index (κ2) is 5.61. The van der Waals surface area contributed by atoms with Crippen LogP contribution in [-0.2, 0) is 22.6 Å². The Morgan fingerprint density at radius 2 is 2.40 bits per heavy atom. The Labute approximate surface area is 94.4 Å². The first-order valence-electron chi connectivity index (χ1n) is 5.30. The van der Waals surface area contributed by atoms with Gasteiger partial charge in [0.1, 0.15) is 0 Å². The van der Waals surface area contributed by atoms with Gasteiger partial charge in [0.15, 0.2) is 0 Å². The van der Waals surface area contributed by atoms with Gasteiger partial charge >= 0.3 is 0 Å². The molecule has 0 bridgehead atoms. The molecule has 1 aromatic heterocycles. The number of hydrogen-bond acceptors (Lipinski definition) is 4. The highest BCUT2D eigenvalue weighted by Crippen LogP contribution is 2.19. The number of rotatable bonds is 5. The number of thiophene rings is 1. The van der Waals surface area contributed by atoms with E-state index in [-0.39, 0.29) is 0 Å². The van der Waals surface area contributed by atoms with Crippen LogP contribution in [0.2, 0.25) is 0 Å². The van der Waals surface area contributed by atoms with Gasteiger partial charge in [0.05, 0.1) is 19.3 Å². The Hall–Kier alpha value is -0.420. The topological polar surface area (TPSA) is 30.5 Å². The van der Waals surface area contributed by atoms with Crippen LogP contribution in [0.1, 0.15) is 16.2 Å². The molecule has 0 amide bonds. The summed E-state index contributed by atoms with van der Waals surface area (Å²) in [6, 6.07) is 4.30. The van der Waals surface area contributed by atoms with E-state index >= 15 is 0 Å². The van der Waals surface area contributed by atoms with Crippen molar-refractivity contribution >= 4 is 11.3 Å². The summed E-state index contributed by atoms with van der Waals surface area (Å²) in [7, 11) is 1.96. The predicted molar refractivity (Wildman–Crippen MR) is 61.1 cm³/mol. The molecule has 1 N–H and O–H groups in total. The molecule has 2 heterocycles. The molecule has 1 saturated heterocycles. The SMILES string of the molecule is CNCc1ccc(COC2CCOC2)s1. The van der Waals surface area contributed by atoms with Crippen molar-refractivity contribution in [1.29, 1.82) is 0 Å². The first-order valence-corrected chi connectivity index (χ1v) is 6.11. The molecular weight excluding hydrogens is 210 g/mol. The van der Waals surface area contributed by atoms with Gasteiger partial charge in [0, 0.05) is 22.9 Å². The van der Waals surface area contributed by atoms with E-state index in [0.29, 0.717) is 6.10 Å². The Kier molecular flexibility index (Phi) is 4.14. The van der Waals surface area contributed by atoms with Crippen LogP contribution in [0.4, 0.5) is 0 Å². The Balaban J connectivity index is 1.77. The highest BCUT2D eigenvalue weighted by Gasteiger charge is 2.16. The van der Waals surface area contributed by atoms with E-state index < -0.39 is 0 Å². The molecule has 0 saturated carbocycles. The molecule has 1 unspecified atom stereocenters. The molecular formula is C11H17NO2S. The van der Waals surface area contributed by atoms with Crippen molar-refractivity contribution in [2.24, 2.45) is 0 Å². The van der Waals surface area contributed by atoms with Crippen LogP contribution in [0, 0.1) is 0 Å². The smallest absolute Gasteiger partial charge is 0.0835 e. The summed E-state index contributed by atoms with van der Waals surface area (Å²) in [6.07, 6.45) is 1.34. The fourth-order valence-electron chi connectivity index (χ4n) is 1.61. The second-order valence-electron chi connectivity index (χ2n) is 3.69. The van der Waals surface area contributed by atoms with Gasteiger partial charge < -0.3 is 14.8 Å². The van der Waals surface area contributed by atoms with Gasteiger partial charge in [0.2, 0.25) is 0 Å². The van der Waals surface area contributed by atoms with Gasteiger partial charge in [-0.3, -0.25) is 0 Å². The second-order valence-corrected chi connectivity index (χ2v) is 4.95. The Bertz CT molecular complexity index is 295. The predicted octanol–water partition coefficient (Wildman–Crippen LogP) is 1.77. The molecule has 2 rings (SSSR count). The van der Waals surface area contributed by atoms with E-state index in [0.717, 1.165) is 32.8 Å². The number of hydrogen-bond donors (Lipinski definition) is 1. The lowest BCUT2D eigenvalue weighted by atomic mass is 10.3. The van der Waals surface area contributed by atoms with Gasteiger partial charge in [-0.2, -0.15) is 0 Å². The van der Waals surface area contributed by atoms with E-state index in [4.69, 9.17) is 9.47 Å². The van der Waals surface area contributed by atoms with Gasteiger partial charge in [-0.1, -0.05) is 0 Å². The van der Waals surface area contributed by atoms with Crippen molar-refractivity contribution in [3.63, 3.8) is 0 Å². The van der Waals surface area contributed by atoms with E-state index in [1.54, 1.807) is 0 Å². The molecule has 1 atom stereocenters. The molecule has 4 heteroatoms. The van der Waals surface area contributed by atoms with Crippen molar-refractivity contribution in [3.05, 3.63) is 21.9 Å². The lowest BCUT2D eigenvalue weighted by molar-refractivity contribution is 0.0331. The van der Waals surface area contributed by atoms with Crippen LogP contribution in [-0.4, -0.2) is 26.4 Å². The van der Waals surface area contributed by atoms with Crippen molar-refractivity contribution < 1.29 is 9.47 Å². The molecule has 0 radical (unpaired) electrons. The molecule has 0 aromatic carbocycles. The number of nitrogens with one attached hydrogen (secondary N) is 1. The van der Waals surface area contributed by atoms with Gasteiger partial charge in [-0.05, 0) is 25.6 Å². The van der Waals surface area contributed by atoms with Gasteiger partial charge in [0.25, 0.3) is 0 Å². The molecule has 1 aromatic rings. The van der Waals surface area contributed by atoms with E-state index in [1.165, 1.54) is 9.75 Å². The fraction of sp³-hybridized carbons (Fsp3) is 0.636. The lowest BCUT2D eigenvalue weighted by Crippen LogP contribution is -2.11. The van der Waals surface area contributed by atoms with E-state index in [2.05, 4.69) is 17.4 Å². The van der Waals surface area contributed by atoms with Crippen LogP contribution in [0.15, 0.2) is 12.1 Å². The van der Waals surface area contributed by atoms with Crippen LogP contribution in [0.5, 0.6) is 0 Å². The summed E-state index contributed by atoms with van der Waals surface area (Å²) in [5.74, 6) is 0. The summed E-state index contributed by atoms with van der Waals surface area (Å²) >= 11 is 1.81. The zero-order valence-electron chi connectivity index (χ0n) is 8.99. The quantitative estimate of drug-likeness (QED) is 0.831. The van der Waals surface area contributed by atoms with Crippen molar-refractivity contribution in [3.8, 4) is 0 Å². The maximum absolute atomic E-state index is 5.75. The number of ether oxygens (including phenoxy) is 2. The van der Waals surface area contributed by atoms with Crippen LogP contribution < -0.4 is 5.32 Å². The maximum Gasteiger partial charge on any atom is 0.0835 e. The standard InChI is InChI=1S/C11H17NO2S/c1-12-6-10-2-3-11(15-10)8-14-9-4-5-13-7-9/h2-3,9,12H,4-8H2,1H3. The minimum Gasteiger partial charge on any atom is -0.379 e. The molecule has 1 aliphatic heterocycles. The largest absolute Gasteiger partial charge is 0.379 e. The summed E-state index contributed by atoms with van der Waals surface area (Å²) in [4.78, 5) is 2.66. The van der Waals surface area contributed by atoms with Crippen molar-refractivity contribution in [2.45, 2.75) is 25.7 Å². The fourth-order valence-corrected chi connectivity index (χ4v) is 2.57. The van der Waals surface area contributed by atoms with Gasteiger partial charge in [-0.15, -0.1) is 11.3 Å². The minimum absolute atomic E-state index is 0.305. The molecule has 1 aliphatic rings. The van der Waals surface area contributed by atoms with Crippen LogP contribution in [0.25, 0.3) is 0 Å². The average molecular weight is 227 g/mol. The molecule has 1 fully saturated rings. The van der Waals surface area contributed by atoms with Gasteiger partial charge in [-0.25, -0.2) is 0 Å². The highest BCUT2D eigenvalue weighted by molar-refractivity contribution is 7.11. The summed E-state index contributed by atoms with van der Waals surface area (Å²) in [5.41, 5.74) is 0. The first-order chi connectivity index (χ1) is 7.38. The van der Waals surface area contributed by atoms with Crippen LogP contribution in [0.3, 0.4) is 0 Å². The summed E-state index contributed by atoms with van der Waals surface area (Å²) < 4.78 is 11.0.